The van der Waals surface area contributed by atoms with E-state index >= 15 is 0 Å². The lowest BCUT2D eigenvalue weighted by Crippen LogP contribution is -2.48. The minimum Gasteiger partial charge on any atom is -0.423 e. The van der Waals surface area contributed by atoms with Crippen molar-refractivity contribution in [1.82, 2.24) is 39.9 Å². The fraction of sp³-hybridized carbons (Fsp3) is 0.250. The highest BCUT2D eigenvalue weighted by Gasteiger charge is 2.41. The molecule has 2 saturated heterocycles. The second-order valence-electron chi connectivity index (χ2n) is 14.5. The SMILES string of the molecule is Cc1cncc(-c2ccc3c(n2)N(C(=O)Nc2cnccn2)[C@H]2CCN3C2)c1.Cc1cncc(B(O)O)c1.O=C(Nc1cnccn1)N1c2nc(Cl)ccc2N2CC[C@H]1C2.S.S. The second kappa shape index (κ2) is 20.2. The van der Waals surface area contributed by atoms with Gasteiger partial charge in [-0.15, -0.1) is 0 Å². The third kappa shape index (κ3) is 10.1. The Kier molecular flexibility index (Phi) is 14.8. The molecule has 0 unspecified atom stereocenters. The van der Waals surface area contributed by atoms with E-state index in [0.29, 0.717) is 33.9 Å². The zero-order valence-electron chi connectivity index (χ0n) is 33.7. The number of fused-ring (bicyclic) bond motifs is 8. The summed E-state index contributed by atoms with van der Waals surface area (Å²) in [5.74, 6) is 2.11. The number of pyridine rings is 4. The number of urea groups is 2. The Morgan fingerprint density at radius 3 is 1.71 bits per heavy atom. The number of aromatic nitrogens is 8. The molecule has 0 saturated carbocycles. The second-order valence-corrected chi connectivity index (χ2v) is 14.9. The highest BCUT2D eigenvalue weighted by molar-refractivity contribution is 7.59. The Labute approximate surface area is 376 Å². The lowest BCUT2D eigenvalue weighted by molar-refractivity contribution is 0.254. The van der Waals surface area contributed by atoms with E-state index in [2.05, 4.69) is 55.3 Å². The summed E-state index contributed by atoms with van der Waals surface area (Å²) in [6.45, 7) is 7.30. The van der Waals surface area contributed by atoms with Crippen LogP contribution in [0.5, 0.6) is 0 Å². The Balaban J connectivity index is 0.000000168. The van der Waals surface area contributed by atoms with Gasteiger partial charge in [-0.3, -0.25) is 40.4 Å². The van der Waals surface area contributed by atoms with Crippen LogP contribution in [0.2, 0.25) is 5.15 Å². The molecule has 2 fully saturated rings. The molecule has 4 aliphatic heterocycles. The maximum Gasteiger partial charge on any atom is 0.490 e. The lowest BCUT2D eigenvalue weighted by Gasteiger charge is -2.35. The van der Waals surface area contributed by atoms with E-state index in [1.54, 1.807) is 52.9 Å². The maximum atomic E-state index is 13.1. The molecule has 22 heteroatoms. The van der Waals surface area contributed by atoms with Gasteiger partial charge in [0.15, 0.2) is 23.3 Å². The predicted octanol–water partition coefficient (Wildman–Crippen LogP) is 4.32. The van der Waals surface area contributed by atoms with E-state index in [1.165, 1.54) is 24.8 Å². The van der Waals surface area contributed by atoms with Gasteiger partial charge in [-0.25, -0.2) is 29.5 Å². The number of anilines is 6. The van der Waals surface area contributed by atoms with Crippen LogP contribution >= 0.6 is 38.6 Å². The molecule has 62 heavy (non-hydrogen) atoms. The summed E-state index contributed by atoms with van der Waals surface area (Å²) in [6, 6.07) is 11.1. The molecule has 0 aromatic carbocycles. The molecule has 10 heterocycles. The number of nitrogens with one attached hydrogen (secondary N) is 2. The van der Waals surface area contributed by atoms with E-state index < -0.39 is 7.12 Å². The van der Waals surface area contributed by atoms with Gasteiger partial charge < -0.3 is 19.8 Å². The van der Waals surface area contributed by atoms with E-state index in [9.17, 15) is 9.59 Å². The van der Waals surface area contributed by atoms with Gasteiger partial charge in [0.25, 0.3) is 0 Å². The Hall–Kier alpha value is -6.13. The summed E-state index contributed by atoms with van der Waals surface area (Å²) in [6.07, 6.45) is 17.8. The predicted molar refractivity (Wildman–Crippen MR) is 249 cm³/mol. The number of amides is 4. The summed E-state index contributed by atoms with van der Waals surface area (Å²) >= 11 is 6.01. The molecule has 6 aromatic rings. The van der Waals surface area contributed by atoms with Crippen LogP contribution < -0.4 is 35.7 Å². The third-order valence-corrected chi connectivity index (χ3v) is 10.5. The highest BCUT2D eigenvalue weighted by Crippen LogP contribution is 2.41. The smallest absolute Gasteiger partial charge is 0.423 e. The van der Waals surface area contributed by atoms with Crippen molar-refractivity contribution in [3.05, 3.63) is 115 Å². The van der Waals surface area contributed by atoms with Crippen molar-refractivity contribution in [2.45, 2.75) is 38.8 Å². The molecule has 4 bridgehead atoms. The number of hydrogen-bond donors (Lipinski definition) is 4. The average Bonchev–Trinajstić information content (AvgIpc) is 3.87. The third-order valence-electron chi connectivity index (χ3n) is 10.3. The largest absolute Gasteiger partial charge is 0.490 e. The first-order chi connectivity index (χ1) is 29.1. The molecule has 4 N–H and O–H groups in total. The molecule has 0 radical (unpaired) electrons. The molecule has 10 rings (SSSR count). The van der Waals surface area contributed by atoms with Crippen molar-refractivity contribution in [2.75, 3.05) is 56.4 Å². The number of carbonyl (C=O) groups excluding carboxylic acids is 2. The van der Waals surface area contributed by atoms with Gasteiger partial charge in [-0.05, 0) is 68.1 Å². The number of rotatable bonds is 4. The van der Waals surface area contributed by atoms with E-state index in [0.717, 1.165) is 72.8 Å². The Morgan fingerprint density at radius 1 is 0.677 bits per heavy atom. The van der Waals surface area contributed by atoms with Gasteiger partial charge in [-0.2, -0.15) is 27.0 Å². The summed E-state index contributed by atoms with van der Waals surface area (Å²) in [5.41, 5.74) is 6.07. The van der Waals surface area contributed by atoms with Crippen molar-refractivity contribution in [3.8, 4) is 11.3 Å². The molecular weight excluding hydrogens is 851 g/mol. The fourth-order valence-electron chi connectivity index (χ4n) is 7.56. The van der Waals surface area contributed by atoms with Gasteiger partial charge in [0.1, 0.15) is 5.15 Å². The van der Waals surface area contributed by atoms with Crippen molar-refractivity contribution < 1.29 is 19.6 Å². The van der Waals surface area contributed by atoms with Gasteiger partial charge in [0.2, 0.25) is 0 Å². The molecular formula is C40H44BClN14O4S2. The van der Waals surface area contributed by atoms with E-state index in [1.807, 2.05) is 44.3 Å². The first kappa shape index (κ1) is 45.4. The molecule has 0 aliphatic carbocycles. The normalized spacial score (nSPS) is 16.1. The summed E-state index contributed by atoms with van der Waals surface area (Å²) in [7, 11) is -1.41. The summed E-state index contributed by atoms with van der Waals surface area (Å²) in [4.78, 5) is 67.2. The van der Waals surface area contributed by atoms with Gasteiger partial charge >= 0.3 is 19.2 Å². The first-order valence-corrected chi connectivity index (χ1v) is 19.6. The number of hydrogen-bond acceptors (Lipinski definition) is 14. The van der Waals surface area contributed by atoms with Crippen LogP contribution in [0.15, 0.2) is 98.4 Å². The van der Waals surface area contributed by atoms with Gasteiger partial charge in [0.05, 0.1) is 41.5 Å². The van der Waals surface area contributed by atoms with Crippen molar-refractivity contribution in [2.24, 2.45) is 0 Å². The van der Waals surface area contributed by atoms with E-state index in [4.69, 9.17) is 26.6 Å². The van der Waals surface area contributed by atoms with Crippen LogP contribution in [0.3, 0.4) is 0 Å². The van der Waals surface area contributed by atoms with Gasteiger partial charge in [-0.1, -0.05) is 17.7 Å². The standard InChI is InChI=1S/C20H19N7O.C14H13ClN6O.C6H8BNO2.2H2S/c1-13-8-14(10-22-9-13)16-2-3-17-19(24-16)27(15-4-7-26(17)12-15)20(28)25-18-11-21-5-6-23-18;15-11-2-1-10-13(18-11)21(9-3-6-20(10)8-9)14(22)19-12-7-16-4-5-17-12;1-5-2-6(7(9)10)4-8-3-5;;/h2-3,5-6,8-11,15H,4,7,12H2,1H3,(H,23,25,28);1-2,4-5,7,9H,3,6,8H2,(H,17,19,22);2-4,9-10H,1H3;2*1H2/t15-;9-;;;/m00.../s1. The average molecular weight is 895 g/mol. The minimum atomic E-state index is -1.41. The minimum absolute atomic E-state index is 0. The Bertz CT molecular complexity index is 2500. The zero-order chi connectivity index (χ0) is 41.8. The number of nitrogens with zero attached hydrogens (tertiary/aromatic N) is 12. The van der Waals surface area contributed by atoms with Crippen LogP contribution in [0, 0.1) is 13.8 Å². The van der Waals surface area contributed by atoms with Crippen molar-refractivity contribution in [1.29, 1.82) is 0 Å². The summed E-state index contributed by atoms with van der Waals surface area (Å²) in [5, 5.41) is 23.3. The first-order valence-electron chi connectivity index (χ1n) is 19.2. The highest BCUT2D eigenvalue weighted by atomic mass is 35.5. The van der Waals surface area contributed by atoms with E-state index in [-0.39, 0.29) is 51.1 Å². The van der Waals surface area contributed by atoms with Crippen LogP contribution in [-0.2, 0) is 0 Å². The monoisotopic (exact) mass is 894 g/mol. The lowest BCUT2D eigenvalue weighted by atomic mass is 9.81. The molecule has 320 valence electrons. The zero-order valence-corrected chi connectivity index (χ0v) is 36.4. The number of halogens is 1. The molecule has 6 aromatic heterocycles. The van der Waals surface area contributed by atoms with Crippen LogP contribution in [0.1, 0.15) is 24.0 Å². The topological polar surface area (TPSA) is 215 Å². The molecule has 4 aliphatic rings. The molecule has 18 nitrogen and oxygen atoms in total. The number of aryl methyl sites for hydroxylation is 2. The maximum absolute atomic E-state index is 13.1. The van der Waals surface area contributed by atoms with Gasteiger partial charge in [0, 0.05) is 86.8 Å². The Morgan fingerprint density at radius 2 is 1.21 bits per heavy atom. The number of carbonyl (C=O) groups is 2. The van der Waals surface area contributed by atoms with Crippen LogP contribution in [0.25, 0.3) is 11.3 Å². The molecule has 4 amide bonds. The molecule has 0 spiro atoms. The fourth-order valence-corrected chi connectivity index (χ4v) is 7.71. The summed E-state index contributed by atoms with van der Waals surface area (Å²) < 4.78 is 0. The van der Waals surface area contributed by atoms with Crippen LogP contribution in [0.4, 0.5) is 44.2 Å². The molecule has 2 atom stereocenters. The van der Waals surface area contributed by atoms with Crippen LogP contribution in [-0.4, -0.2) is 107 Å². The van der Waals surface area contributed by atoms with Crippen molar-refractivity contribution >= 4 is 97.9 Å². The van der Waals surface area contributed by atoms with Crippen molar-refractivity contribution in [3.63, 3.8) is 0 Å². The quantitative estimate of drug-likeness (QED) is 0.143.